The molecule has 0 aliphatic carbocycles. The summed E-state index contributed by atoms with van der Waals surface area (Å²) in [5.74, 6) is -0.120. The first-order chi connectivity index (χ1) is 8.56. The molecule has 1 amide bonds. The zero-order valence-electron chi connectivity index (χ0n) is 9.58. The van der Waals surface area contributed by atoms with Gasteiger partial charge in [-0.05, 0) is 25.1 Å². The summed E-state index contributed by atoms with van der Waals surface area (Å²) in [7, 11) is 0. The number of nitrogens with zero attached hydrogens (tertiary/aromatic N) is 1. The molecule has 6 heteroatoms. The van der Waals surface area contributed by atoms with Crippen LogP contribution in [0.4, 0.5) is 0 Å². The fourth-order valence-corrected chi connectivity index (χ4v) is 2.84. The molecule has 18 heavy (non-hydrogen) atoms. The van der Waals surface area contributed by atoms with Gasteiger partial charge in [-0.1, -0.05) is 31.9 Å². The Labute approximate surface area is 121 Å². The van der Waals surface area contributed by atoms with Gasteiger partial charge in [0.2, 0.25) is 0 Å². The Bertz CT molecular complexity index is 534. The number of benzene rings is 1. The predicted octanol–water partition coefficient (Wildman–Crippen LogP) is 3.43. The minimum atomic E-state index is -0.120. The summed E-state index contributed by atoms with van der Waals surface area (Å²) < 4.78 is 1.72. The smallest absolute Gasteiger partial charge is 0.251 e. The van der Waals surface area contributed by atoms with Crippen LogP contribution < -0.4 is 5.32 Å². The summed E-state index contributed by atoms with van der Waals surface area (Å²) in [5.41, 5.74) is 1.55. The van der Waals surface area contributed by atoms with Crippen LogP contribution in [0.2, 0.25) is 0 Å². The summed E-state index contributed by atoms with van der Waals surface area (Å²) in [6.45, 7) is 1.91. The first kappa shape index (κ1) is 13.3. The first-order valence-corrected chi connectivity index (χ1v) is 6.90. The van der Waals surface area contributed by atoms with Crippen molar-refractivity contribution in [1.82, 2.24) is 15.5 Å². The van der Waals surface area contributed by atoms with Crippen LogP contribution in [-0.2, 0) is 0 Å². The third-order valence-electron chi connectivity index (χ3n) is 2.49. The van der Waals surface area contributed by atoms with Crippen molar-refractivity contribution < 1.29 is 4.79 Å². The van der Waals surface area contributed by atoms with Gasteiger partial charge in [0.25, 0.3) is 5.91 Å². The van der Waals surface area contributed by atoms with E-state index in [0.29, 0.717) is 5.56 Å². The molecule has 0 aliphatic heterocycles. The summed E-state index contributed by atoms with van der Waals surface area (Å²) in [5, 5.41) is 9.50. The molecule has 2 aromatic rings. The lowest BCUT2D eigenvalue weighted by Crippen LogP contribution is -2.26. The number of hydrogen-bond donors (Lipinski definition) is 2. The van der Waals surface area contributed by atoms with Gasteiger partial charge in [-0.2, -0.15) is 5.10 Å². The van der Waals surface area contributed by atoms with Crippen LogP contribution in [0.15, 0.2) is 39.5 Å². The number of aromatic nitrogens is 2. The van der Waals surface area contributed by atoms with Crippen molar-refractivity contribution in [2.24, 2.45) is 0 Å². The van der Waals surface area contributed by atoms with Crippen molar-refractivity contribution in [2.75, 3.05) is 0 Å². The van der Waals surface area contributed by atoms with Gasteiger partial charge in [0.15, 0.2) is 0 Å². The molecule has 2 N–H and O–H groups in total. The molecule has 1 aromatic carbocycles. The first-order valence-electron chi connectivity index (χ1n) is 5.32. The van der Waals surface area contributed by atoms with Gasteiger partial charge in [0.05, 0.1) is 12.2 Å². The maximum Gasteiger partial charge on any atom is 0.251 e. The van der Waals surface area contributed by atoms with E-state index in [-0.39, 0.29) is 11.9 Å². The number of hydrogen-bond acceptors (Lipinski definition) is 2. The molecule has 0 aliphatic rings. The van der Waals surface area contributed by atoms with E-state index in [1.807, 2.05) is 13.0 Å². The minimum absolute atomic E-state index is 0.0889. The number of nitrogens with one attached hydrogen (secondary N) is 2. The minimum Gasteiger partial charge on any atom is -0.345 e. The van der Waals surface area contributed by atoms with Crippen molar-refractivity contribution in [3.63, 3.8) is 0 Å². The van der Waals surface area contributed by atoms with Gasteiger partial charge in [-0.15, -0.1) is 0 Å². The highest BCUT2D eigenvalue weighted by molar-refractivity contribution is 9.11. The van der Waals surface area contributed by atoms with Crippen LogP contribution in [0, 0.1) is 0 Å². The quantitative estimate of drug-likeness (QED) is 0.867. The highest BCUT2D eigenvalue weighted by Gasteiger charge is 2.13. The SMILES string of the molecule is CC(NC(=O)c1cc(Br)cc(Br)c1)c1cn[nH]c1. The fourth-order valence-electron chi connectivity index (χ4n) is 1.55. The molecule has 1 aromatic heterocycles. The van der Waals surface area contributed by atoms with E-state index in [0.717, 1.165) is 14.5 Å². The Morgan fingerprint density at radius 1 is 1.33 bits per heavy atom. The molecule has 2 rings (SSSR count). The molecule has 0 saturated heterocycles. The average molecular weight is 373 g/mol. The van der Waals surface area contributed by atoms with E-state index in [1.54, 1.807) is 24.5 Å². The fraction of sp³-hybridized carbons (Fsp3) is 0.167. The van der Waals surface area contributed by atoms with Crippen LogP contribution in [-0.4, -0.2) is 16.1 Å². The van der Waals surface area contributed by atoms with Crippen LogP contribution in [0.1, 0.15) is 28.9 Å². The molecule has 94 valence electrons. The van der Waals surface area contributed by atoms with Crippen molar-refractivity contribution in [3.05, 3.63) is 50.7 Å². The second kappa shape index (κ2) is 5.67. The highest BCUT2D eigenvalue weighted by atomic mass is 79.9. The van der Waals surface area contributed by atoms with Gasteiger partial charge in [0, 0.05) is 26.3 Å². The maximum absolute atomic E-state index is 12.1. The molecule has 1 atom stereocenters. The van der Waals surface area contributed by atoms with Crippen LogP contribution in [0.5, 0.6) is 0 Å². The molecule has 0 saturated carbocycles. The van der Waals surface area contributed by atoms with E-state index in [2.05, 4.69) is 47.4 Å². The third kappa shape index (κ3) is 3.20. The van der Waals surface area contributed by atoms with Crippen molar-refractivity contribution in [3.8, 4) is 0 Å². The molecule has 0 bridgehead atoms. The molecule has 0 radical (unpaired) electrons. The third-order valence-corrected chi connectivity index (χ3v) is 3.41. The standard InChI is InChI=1S/C12H11Br2N3O/c1-7(9-5-15-16-6-9)17-12(18)8-2-10(13)4-11(14)3-8/h2-7H,1H3,(H,15,16)(H,17,18). The molecule has 0 spiro atoms. The van der Waals surface area contributed by atoms with Gasteiger partial charge < -0.3 is 5.32 Å². The van der Waals surface area contributed by atoms with Crippen LogP contribution in [0.25, 0.3) is 0 Å². The monoisotopic (exact) mass is 371 g/mol. The largest absolute Gasteiger partial charge is 0.345 e. The van der Waals surface area contributed by atoms with E-state index in [4.69, 9.17) is 0 Å². The molecule has 1 unspecified atom stereocenters. The lowest BCUT2D eigenvalue weighted by atomic mass is 10.1. The molecule has 1 heterocycles. The van der Waals surface area contributed by atoms with Gasteiger partial charge in [-0.3, -0.25) is 9.89 Å². The predicted molar refractivity (Wildman–Crippen MR) is 76.3 cm³/mol. The summed E-state index contributed by atoms with van der Waals surface area (Å²) in [4.78, 5) is 12.1. The van der Waals surface area contributed by atoms with Crippen LogP contribution in [0.3, 0.4) is 0 Å². The number of halogens is 2. The Morgan fingerprint density at radius 3 is 2.56 bits per heavy atom. The van der Waals surface area contributed by atoms with E-state index in [1.165, 1.54) is 0 Å². The second-order valence-corrected chi connectivity index (χ2v) is 5.72. The van der Waals surface area contributed by atoms with Gasteiger partial charge in [-0.25, -0.2) is 0 Å². The average Bonchev–Trinajstić information content (AvgIpc) is 2.80. The zero-order chi connectivity index (χ0) is 13.1. The zero-order valence-corrected chi connectivity index (χ0v) is 12.7. The normalized spacial score (nSPS) is 12.2. The van der Waals surface area contributed by atoms with Gasteiger partial charge >= 0.3 is 0 Å². The molecule has 4 nitrogen and oxygen atoms in total. The van der Waals surface area contributed by atoms with Gasteiger partial charge in [0.1, 0.15) is 0 Å². The Balaban J connectivity index is 2.12. The van der Waals surface area contributed by atoms with Crippen molar-refractivity contribution in [2.45, 2.75) is 13.0 Å². The lowest BCUT2D eigenvalue weighted by molar-refractivity contribution is 0.0940. The highest BCUT2D eigenvalue weighted by Crippen LogP contribution is 2.20. The number of amides is 1. The van der Waals surface area contributed by atoms with E-state index >= 15 is 0 Å². The Hall–Kier alpha value is -1.14. The number of carbonyl (C=O) groups is 1. The maximum atomic E-state index is 12.1. The number of carbonyl (C=O) groups excluding carboxylic acids is 1. The Kier molecular flexibility index (Phi) is 4.19. The topological polar surface area (TPSA) is 57.8 Å². The van der Waals surface area contributed by atoms with Crippen LogP contribution >= 0.6 is 31.9 Å². The summed E-state index contributed by atoms with van der Waals surface area (Å²) >= 11 is 6.72. The number of aromatic amines is 1. The molecule has 0 fully saturated rings. The van der Waals surface area contributed by atoms with E-state index < -0.39 is 0 Å². The summed E-state index contributed by atoms with van der Waals surface area (Å²) in [6, 6.07) is 5.36. The number of rotatable bonds is 3. The molecular formula is C12H11Br2N3O. The summed E-state index contributed by atoms with van der Waals surface area (Å²) in [6.07, 6.45) is 3.46. The Morgan fingerprint density at radius 2 is 2.00 bits per heavy atom. The second-order valence-electron chi connectivity index (χ2n) is 3.88. The van der Waals surface area contributed by atoms with Crippen molar-refractivity contribution in [1.29, 1.82) is 0 Å². The number of H-pyrrole nitrogens is 1. The molecular weight excluding hydrogens is 362 g/mol. The van der Waals surface area contributed by atoms with Crippen molar-refractivity contribution >= 4 is 37.8 Å². The lowest BCUT2D eigenvalue weighted by Gasteiger charge is -2.12. The van der Waals surface area contributed by atoms with E-state index in [9.17, 15) is 4.79 Å².